The van der Waals surface area contributed by atoms with E-state index in [1.165, 1.54) is 0 Å². The molecule has 0 spiro atoms. The van der Waals surface area contributed by atoms with Crippen molar-refractivity contribution in [3.63, 3.8) is 0 Å². The van der Waals surface area contributed by atoms with Gasteiger partial charge in [-0.3, -0.25) is 0 Å². The van der Waals surface area contributed by atoms with Crippen molar-refractivity contribution in [2.45, 2.75) is 25.9 Å². The third kappa shape index (κ3) is 5.08. The van der Waals surface area contributed by atoms with Crippen LogP contribution in [0.5, 0.6) is 11.6 Å². The zero-order valence-corrected chi connectivity index (χ0v) is 20.2. The summed E-state index contributed by atoms with van der Waals surface area (Å²) in [6.07, 6.45) is 5.06. The summed E-state index contributed by atoms with van der Waals surface area (Å²) in [5.74, 6) is 1.08. The highest BCUT2D eigenvalue weighted by Gasteiger charge is 2.19. The number of aryl methyl sites for hydroxylation is 1. The van der Waals surface area contributed by atoms with Gasteiger partial charge in [0.2, 0.25) is 5.88 Å². The molecule has 3 heterocycles. The molecule has 0 bridgehead atoms. The molecule has 8 nitrogen and oxygen atoms in total. The molecule has 4 aromatic rings. The van der Waals surface area contributed by atoms with E-state index in [4.69, 9.17) is 25.8 Å². The number of hydrogen-bond acceptors (Lipinski definition) is 8. The lowest BCUT2D eigenvalue weighted by Gasteiger charge is -2.24. The summed E-state index contributed by atoms with van der Waals surface area (Å²) in [7, 11) is 1.55. The summed E-state index contributed by atoms with van der Waals surface area (Å²) in [4.78, 5) is 13.3. The van der Waals surface area contributed by atoms with Gasteiger partial charge in [0.1, 0.15) is 35.1 Å². The highest BCUT2D eigenvalue weighted by Crippen LogP contribution is 2.37. The number of nitrogens with zero attached hydrogens (tertiary/aromatic N) is 5. The van der Waals surface area contributed by atoms with E-state index in [0.717, 1.165) is 40.6 Å². The predicted molar refractivity (Wildman–Crippen MR) is 134 cm³/mol. The molecular formula is C26H24ClN5O3. The number of pyridine rings is 1. The van der Waals surface area contributed by atoms with Gasteiger partial charge in [0, 0.05) is 35.7 Å². The van der Waals surface area contributed by atoms with Crippen molar-refractivity contribution in [2.24, 2.45) is 10.2 Å². The van der Waals surface area contributed by atoms with Crippen LogP contribution in [0.2, 0.25) is 5.02 Å². The molecular weight excluding hydrogens is 466 g/mol. The minimum absolute atomic E-state index is 0.0754. The maximum atomic E-state index is 6.41. The summed E-state index contributed by atoms with van der Waals surface area (Å²) in [6, 6.07) is 13.2. The van der Waals surface area contributed by atoms with E-state index in [1.54, 1.807) is 31.8 Å². The standard InChI is InChI=1S/C26H24ClN5O3/c1-16-20-11-17(13-24(25(20)30-15-29-16)35-19-7-9-34-10-8-19)18-12-23(26(33-2)28-14-18)32-31-22-6-4-3-5-21(22)27/h3-6,11-15,19H,7-10H2,1-2H3. The molecule has 1 saturated heterocycles. The van der Waals surface area contributed by atoms with E-state index in [-0.39, 0.29) is 6.10 Å². The number of hydrogen-bond donors (Lipinski definition) is 0. The number of fused-ring (bicyclic) bond motifs is 1. The lowest BCUT2D eigenvalue weighted by Crippen LogP contribution is -2.26. The van der Waals surface area contributed by atoms with Gasteiger partial charge in [-0.2, -0.15) is 0 Å². The molecule has 35 heavy (non-hydrogen) atoms. The first-order valence-corrected chi connectivity index (χ1v) is 11.7. The molecule has 0 N–H and O–H groups in total. The van der Waals surface area contributed by atoms with Gasteiger partial charge in [0.25, 0.3) is 0 Å². The number of benzene rings is 2. The van der Waals surface area contributed by atoms with Crippen LogP contribution in [0.15, 0.2) is 65.2 Å². The van der Waals surface area contributed by atoms with Crippen molar-refractivity contribution in [3.05, 3.63) is 65.7 Å². The summed E-state index contributed by atoms with van der Waals surface area (Å²) >= 11 is 6.22. The first-order valence-electron chi connectivity index (χ1n) is 11.3. The fourth-order valence-electron chi connectivity index (χ4n) is 3.96. The Morgan fingerprint density at radius 3 is 2.57 bits per heavy atom. The van der Waals surface area contributed by atoms with Crippen LogP contribution in [0.4, 0.5) is 11.4 Å². The van der Waals surface area contributed by atoms with Crippen LogP contribution < -0.4 is 9.47 Å². The van der Waals surface area contributed by atoms with Crippen molar-refractivity contribution < 1.29 is 14.2 Å². The molecule has 2 aromatic heterocycles. The Morgan fingerprint density at radius 2 is 1.77 bits per heavy atom. The normalized spacial score (nSPS) is 14.5. The fraction of sp³-hybridized carbons (Fsp3) is 0.269. The van der Waals surface area contributed by atoms with Gasteiger partial charge < -0.3 is 14.2 Å². The highest BCUT2D eigenvalue weighted by atomic mass is 35.5. The fourth-order valence-corrected chi connectivity index (χ4v) is 4.13. The number of halogens is 1. The number of azo groups is 1. The molecule has 0 atom stereocenters. The van der Waals surface area contributed by atoms with Crippen molar-refractivity contribution in [3.8, 4) is 22.8 Å². The zero-order chi connectivity index (χ0) is 24.2. The van der Waals surface area contributed by atoms with Gasteiger partial charge in [-0.25, -0.2) is 15.0 Å². The number of rotatable bonds is 6. The van der Waals surface area contributed by atoms with Crippen LogP contribution >= 0.6 is 11.6 Å². The van der Waals surface area contributed by atoms with E-state index in [1.807, 2.05) is 37.3 Å². The van der Waals surface area contributed by atoms with Crippen LogP contribution in [-0.2, 0) is 4.74 Å². The monoisotopic (exact) mass is 489 g/mol. The van der Waals surface area contributed by atoms with Gasteiger partial charge in [-0.15, -0.1) is 10.2 Å². The Balaban J connectivity index is 1.57. The topological polar surface area (TPSA) is 91.1 Å². The first kappa shape index (κ1) is 23.1. The van der Waals surface area contributed by atoms with Gasteiger partial charge in [-0.05, 0) is 42.8 Å². The summed E-state index contributed by atoms with van der Waals surface area (Å²) in [5.41, 5.74) is 4.44. The minimum atomic E-state index is 0.0754. The molecule has 0 radical (unpaired) electrons. The molecule has 9 heteroatoms. The molecule has 2 aromatic carbocycles. The van der Waals surface area contributed by atoms with E-state index in [9.17, 15) is 0 Å². The Hall–Kier alpha value is -3.62. The van der Waals surface area contributed by atoms with E-state index in [2.05, 4.69) is 25.2 Å². The number of ether oxygens (including phenoxy) is 3. The minimum Gasteiger partial charge on any atom is -0.488 e. The van der Waals surface area contributed by atoms with Crippen molar-refractivity contribution in [2.75, 3.05) is 20.3 Å². The van der Waals surface area contributed by atoms with E-state index >= 15 is 0 Å². The van der Waals surface area contributed by atoms with Gasteiger partial charge >= 0.3 is 0 Å². The second kappa shape index (κ2) is 10.3. The maximum absolute atomic E-state index is 6.41. The quantitative estimate of drug-likeness (QED) is 0.282. The molecule has 1 aliphatic rings. The Bertz CT molecular complexity index is 1390. The molecule has 0 saturated carbocycles. The second-order valence-electron chi connectivity index (χ2n) is 8.16. The average Bonchev–Trinajstić information content (AvgIpc) is 2.89. The average molecular weight is 490 g/mol. The number of methoxy groups -OCH3 is 1. The third-order valence-electron chi connectivity index (χ3n) is 5.84. The summed E-state index contributed by atoms with van der Waals surface area (Å²) < 4.78 is 17.3. The summed E-state index contributed by atoms with van der Waals surface area (Å²) in [6.45, 7) is 3.35. The molecule has 0 aliphatic carbocycles. The molecule has 0 amide bonds. The van der Waals surface area contributed by atoms with Gasteiger partial charge in [0.15, 0.2) is 0 Å². The van der Waals surface area contributed by atoms with Crippen LogP contribution in [0.25, 0.3) is 22.0 Å². The Labute approximate surface area is 208 Å². The van der Waals surface area contributed by atoms with Crippen molar-refractivity contribution >= 4 is 33.9 Å². The molecule has 178 valence electrons. The molecule has 1 fully saturated rings. The molecule has 5 rings (SSSR count). The van der Waals surface area contributed by atoms with Crippen molar-refractivity contribution in [1.29, 1.82) is 0 Å². The highest BCUT2D eigenvalue weighted by molar-refractivity contribution is 6.32. The maximum Gasteiger partial charge on any atom is 0.241 e. The lowest BCUT2D eigenvalue weighted by atomic mass is 10.0. The van der Waals surface area contributed by atoms with Crippen LogP contribution in [0, 0.1) is 6.92 Å². The largest absolute Gasteiger partial charge is 0.488 e. The van der Waals surface area contributed by atoms with Crippen molar-refractivity contribution in [1.82, 2.24) is 15.0 Å². The van der Waals surface area contributed by atoms with E-state index < -0.39 is 0 Å². The Kier molecular flexibility index (Phi) is 6.83. The third-order valence-corrected chi connectivity index (χ3v) is 6.16. The SMILES string of the molecule is COc1ncc(-c2cc(OC3CCOCC3)c3ncnc(C)c3c2)cc1N=Nc1ccccc1Cl. The van der Waals surface area contributed by atoms with Crippen LogP contribution in [0.1, 0.15) is 18.5 Å². The predicted octanol–water partition coefficient (Wildman–Crippen LogP) is 6.64. The van der Waals surface area contributed by atoms with Gasteiger partial charge in [0.05, 0.1) is 25.3 Å². The van der Waals surface area contributed by atoms with Crippen LogP contribution in [-0.4, -0.2) is 41.4 Å². The van der Waals surface area contributed by atoms with Gasteiger partial charge in [-0.1, -0.05) is 23.7 Å². The smallest absolute Gasteiger partial charge is 0.241 e. The summed E-state index contributed by atoms with van der Waals surface area (Å²) in [5, 5.41) is 10.1. The number of aromatic nitrogens is 3. The zero-order valence-electron chi connectivity index (χ0n) is 19.4. The first-order chi connectivity index (χ1) is 17.1. The second-order valence-corrected chi connectivity index (χ2v) is 8.57. The van der Waals surface area contributed by atoms with Crippen LogP contribution in [0.3, 0.4) is 0 Å². The van der Waals surface area contributed by atoms with E-state index in [0.29, 0.717) is 41.2 Å². The molecule has 0 unspecified atom stereocenters. The molecule has 1 aliphatic heterocycles. The lowest BCUT2D eigenvalue weighted by molar-refractivity contribution is 0.0261. The Morgan fingerprint density at radius 1 is 0.971 bits per heavy atom.